The van der Waals surface area contributed by atoms with Crippen molar-refractivity contribution < 1.29 is 9.59 Å². The van der Waals surface area contributed by atoms with Gasteiger partial charge in [0.2, 0.25) is 11.8 Å². The maximum absolute atomic E-state index is 12.4. The number of nitrogens with one attached hydrogen (secondary N) is 1. The van der Waals surface area contributed by atoms with Crippen LogP contribution in [0.3, 0.4) is 0 Å². The fourth-order valence-corrected chi connectivity index (χ4v) is 3.49. The number of rotatable bonds is 4. The van der Waals surface area contributed by atoms with Gasteiger partial charge in [0.15, 0.2) is 0 Å². The lowest BCUT2D eigenvalue weighted by Crippen LogP contribution is -2.44. The lowest BCUT2D eigenvalue weighted by Gasteiger charge is -2.34. The molecule has 2 atom stereocenters. The van der Waals surface area contributed by atoms with Crippen LogP contribution in [0, 0.1) is 5.92 Å². The van der Waals surface area contributed by atoms with E-state index in [1.807, 2.05) is 6.92 Å². The normalized spacial score (nSPS) is 23.0. The molecule has 1 aromatic rings. The number of hydrogen-bond donors (Lipinski definition) is 1. The average Bonchev–Trinajstić information content (AvgIpc) is 2.95. The highest BCUT2D eigenvalue weighted by Crippen LogP contribution is 2.22. The summed E-state index contributed by atoms with van der Waals surface area (Å²) in [4.78, 5) is 30.3. The number of piperazine rings is 1. The fourth-order valence-electron chi connectivity index (χ4n) is 3.49. The smallest absolute Gasteiger partial charge is 0.225 e. The molecule has 0 spiro atoms. The molecule has 2 aliphatic heterocycles. The van der Waals surface area contributed by atoms with E-state index in [0.717, 1.165) is 31.7 Å². The van der Waals surface area contributed by atoms with Crippen LogP contribution in [-0.4, -0.2) is 68.4 Å². The number of benzene rings is 1. The van der Waals surface area contributed by atoms with Gasteiger partial charge in [-0.2, -0.15) is 0 Å². The number of likely N-dealkylation sites (N-methyl/N-ethyl adjacent to an activating group) is 1. The molecule has 3 rings (SSSR count). The Hall–Kier alpha value is -2.08. The number of anilines is 1. The quantitative estimate of drug-likeness (QED) is 0.889. The highest BCUT2D eigenvalue weighted by Gasteiger charge is 2.32. The van der Waals surface area contributed by atoms with Crippen LogP contribution < -0.4 is 10.2 Å². The van der Waals surface area contributed by atoms with E-state index >= 15 is 0 Å². The van der Waals surface area contributed by atoms with Crippen LogP contribution in [0.1, 0.15) is 24.9 Å². The van der Waals surface area contributed by atoms with Crippen molar-refractivity contribution in [2.75, 3.05) is 51.7 Å². The van der Waals surface area contributed by atoms with Gasteiger partial charge in [0, 0.05) is 51.9 Å². The van der Waals surface area contributed by atoms with Crippen molar-refractivity contribution >= 4 is 17.5 Å². The Morgan fingerprint density at radius 1 is 1.12 bits per heavy atom. The van der Waals surface area contributed by atoms with Gasteiger partial charge in [-0.1, -0.05) is 12.1 Å². The molecule has 0 aromatic heterocycles. The summed E-state index contributed by atoms with van der Waals surface area (Å²) >= 11 is 0. The minimum atomic E-state index is -0.232. The van der Waals surface area contributed by atoms with E-state index in [1.165, 1.54) is 5.69 Å². The monoisotopic (exact) mass is 344 g/mol. The first-order valence-corrected chi connectivity index (χ1v) is 9.02. The predicted molar refractivity (Wildman–Crippen MR) is 98.5 cm³/mol. The molecular formula is C19H28N4O2. The van der Waals surface area contributed by atoms with Gasteiger partial charge in [0.1, 0.15) is 0 Å². The van der Waals surface area contributed by atoms with Crippen molar-refractivity contribution in [3.63, 3.8) is 0 Å². The van der Waals surface area contributed by atoms with Crippen molar-refractivity contribution in [1.82, 2.24) is 15.1 Å². The second-order valence-electron chi connectivity index (χ2n) is 7.29. The number of likely N-dealkylation sites (tertiary alicyclic amines) is 1. The molecule has 2 aliphatic rings. The summed E-state index contributed by atoms with van der Waals surface area (Å²) in [6, 6.07) is 8.39. The van der Waals surface area contributed by atoms with Crippen molar-refractivity contribution in [3.05, 3.63) is 29.8 Å². The van der Waals surface area contributed by atoms with Crippen LogP contribution >= 0.6 is 0 Å². The summed E-state index contributed by atoms with van der Waals surface area (Å²) in [5.74, 6) is -0.220. The molecule has 2 saturated heterocycles. The fraction of sp³-hybridized carbons (Fsp3) is 0.579. The topological polar surface area (TPSA) is 55.9 Å². The van der Waals surface area contributed by atoms with Gasteiger partial charge in [-0.05, 0) is 31.7 Å². The third-order valence-corrected chi connectivity index (χ3v) is 5.33. The molecule has 0 aliphatic carbocycles. The summed E-state index contributed by atoms with van der Waals surface area (Å²) in [5, 5.41) is 3.05. The zero-order valence-electron chi connectivity index (χ0n) is 15.4. The lowest BCUT2D eigenvalue weighted by molar-refractivity contribution is -0.128. The number of hydrogen-bond acceptors (Lipinski definition) is 4. The maximum Gasteiger partial charge on any atom is 0.225 e. The van der Waals surface area contributed by atoms with Crippen molar-refractivity contribution in [3.8, 4) is 0 Å². The number of carbonyl (C=O) groups is 2. The summed E-state index contributed by atoms with van der Waals surface area (Å²) in [6.45, 7) is 6.77. The second-order valence-corrected chi connectivity index (χ2v) is 7.29. The Bertz CT molecular complexity index is 623. The lowest BCUT2D eigenvalue weighted by atomic mass is 10.0. The zero-order chi connectivity index (χ0) is 18.0. The van der Waals surface area contributed by atoms with Crippen molar-refractivity contribution in [1.29, 1.82) is 0 Å². The molecular weight excluding hydrogens is 316 g/mol. The Balaban J connectivity index is 1.56. The summed E-state index contributed by atoms with van der Waals surface area (Å²) in [5.41, 5.74) is 2.32. The van der Waals surface area contributed by atoms with E-state index in [9.17, 15) is 9.59 Å². The van der Waals surface area contributed by atoms with Gasteiger partial charge < -0.3 is 20.0 Å². The van der Waals surface area contributed by atoms with Crippen molar-refractivity contribution in [2.24, 2.45) is 5.92 Å². The number of carbonyl (C=O) groups excluding carboxylic acids is 2. The van der Waals surface area contributed by atoms with Gasteiger partial charge in [-0.3, -0.25) is 9.59 Å². The Kier molecular flexibility index (Phi) is 5.27. The maximum atomic E-state index is 12.4. The molecule has 2 amide bonds. The third-order valence-electron chi connectivity index (χ3n) is 5.33. The van der Waals surface area contributed by atoms with Gasteiger partial charge in [0.05, 0.1) is 12.0 Å². The Labute approximate surface area is 149 Å². The van der Waals surface area contributed by atoms with Gasteiger partial charge >= 0.3 is 0 Å². The molecule has 1 aromatic carbocycles. The van der Waals surface area contributed by atoms with Crippen LogP contribution in [0.15, 0.2) is 24.3 Å². The van der Waals surface area contributed by atoms with E-state index in [-0.39, 0.29) is 23.8 Å². The second kappa shape index (κ2) is 7.44. The minimum absolute atomic E-state index is 0.0339. The summed E-state index contributed by atoms with van der Waals surface area (Å²) in [7, 11) is 3.90. The third kappa shape index (κ3) is 4.12. The molecule has 6 nitrogen and oxygen atoms in total. The molecule has 2 heterocycles. The van der Waals surface area contributed by atoms with Crippen LogP contribution in [0.25, 0.3) is 0 Å². The first-order chi connectivity index (χ1) is 11.9. The van der Waals surface area contributed by atoms with Gasteiger partial charge in [-0.15, -0.1) is 0 Å². The summed E-state index contributed by atoms with van der Waals surface area (Å²) in [6.07, 6.45) is 0.317. The predicted octanol–water partition coefficient (Wildman–Crippen LogP) is 1.09. The van der Waals surface area contributed by atoms with E-state index < -0.39 is 0 Å². The first kappa shape index (κ1) is 17.7. The van der Waals surface area contributed by atoms with Crippen LogP contribution in [0.2, 0.25) is 0 Å². The highest BCUT2D eigenvalue weighted by atomic mass is 16.2. The van der Waals surface area contributed by atoms with E-state index in [1.54, 1.807) is 11.9 Å². The molecule has 136 valence electrons. The molecule has 25 heavy (non-hydrogen) atoms. The molecule has 6 heteroatoms. The molecule has 0 radical (unpaired) electrons. The average molecular weight is 344 g/mol. The van der Waals surface area contributed by atoms with Gasteiger partial charge in [0.25, 0.3) is 0 Å². The first-order valence-electron chi connectivity index (χ1n) is 9.02. The molecule has 0 saturated carbocycles. The Morgan fingerprint density at radius 3 is 2.32 bits per heavy atom. The SMILES string of the molecule is CC(NC(=O)C1CC(=O)N(C)C1)c1ccc(N2CCN(C)CC2)cc1. The minimum Gasteiger partial charge on any atom is -0.369 e. The standard InChI is InChI=1S/C19H28N4O2/c1-14(20-19(25)16-12-18(24)22(3)13-16)15-4-6-17(7-5-15)23-10-8-21(2)9-11-23/h4-7,14,16H,8-13H2,1-3H3,(H,20,25). The van der Waals surface area contributed by atoms with Gasteiger partial charge in [-0.25, -0.2) is 0 Å². The van der Waals surface area contributed by atoms with Crippen molar-refractivity contribution in [2.45, 2.75) is 19.4 Å². The highest BCUT2D eigenvalue weighted by molar-refractivity contribution is 5.89. The largest absolute Gasteiger partial charge is 0.369 e. The molecule has 0 bridgehead atoms. The number of nitrogens with zero attached hydrogens (tertiary/aromatic N) is 3. The van der Waals surface area contributed by atoms with E-state index in [4.69, 9.17) is 0 Å². The number of amides is 2. The van der Waals surface area contributed by atoms with Crippen LogP contribution in [-0.2, 0) is 9.59 Å². The Morgan fingerprint density at radius 2 is 1.76 bits per heavy atom. The molecule has 2 unspecified atom stereocenters. The molecule has 1 N–H and O–H groups in total. The zero-order valence-corrected chi connectivity index (χ0v) is 15.4. The van der Waals surface area contributed by atoms with Crippen LogP contribution in [0.4, 0.5) is 5.69 Å². The summed E-state index contributed by atoms with van der Waals surface area (Å²) < 4.78 is 0. The van der Waals surface area contributed by atoms with E-state index in [2.05, 4.69) is 46.4 Å². The van der Waals surface area contributed by atoms with Crippen LogP contribution in [0.5, 0.6) is 0 Å². The van der Waals surface area contributed by atoms with E-state index in [0.29, 0.717) is 13.0 Å². The molecule has 2 fully saturated rings.